The van der Waals surface area contributed by atoms with Gasteiger partial charge in [0.05, 0.1) is 30.6 Å². The van der Waals surface area contributed by atoms with Crippen LogP contribution in [0.1, 0.15) is 5.82 Å². The van der Waals surface area contributed by atoms with Crippen LogP contribution in [-0.2, 0) is 6.42 Å². The molecule has 2 N–H and O–H groups in total. The van der Waals surface area contributed by atoms with Crippen LogP contribution < -0.4 is 10.5 Å². The maximum absolute atomic E-state index is 8.99. The Balaban J connectivity index is 2.30. The quantitative estimate of drug-likeness (QED) is 0.779. The molecule has 0 aliphatic carbocycles. The van der Waals surface area contributed by atoms with Crippen LogP contribution in [0.15, 0.2) is 30.3 Å². The Labute approximate surface area is 120 Å². The third-order valence-electron chi connectivity index (χ3n) is 3.01. The number of anilines is 1. The summed E-state index contributed by atoms with van der Waals surface area (Å²) >= 11 is 0. The molecule has 21 heavy (non-hydrogen) atoms. The summed E-state index contributed by atoms with van der Waals surface area (Å²) < 4.78 is 6.91. The minimum atomic E-state index is 0.102. The van der Waals surface area contributed by atoms with Gasteiger partial charge < -0.3 is 10.5 Å². The van der Waals surface area contributed by atoms with Crippen LogP contribution in [0.4, 0.5) is 5.95 Å². The van der Waals surface area contributed by atoms with Crippen molar-refractivity contribution < 1.29 is 4.74 Å². The van der Waals surface area contributed by atoms with Gasteiger partial charge in [-0.05, 0) is 12.1 Å². The molecule has 0 saturated heterocycles. The van der Waals surface area contributed by atoms with Crippen LogP contribution in [0.5, 0.6) is 5.88 Å². The van der Waals surface area contributed by atoms with Gasteiger partial charge in [-0.15, -0.1) is 0 Å². The number of ether oxygens (including phenoxy) is 1. The predicted octanol–water partition coefficient (Wildman–Crippen LogP) is 1.47. The molecule has 0 bridgehead atoms. The van der Waals surface area contributed by atoms with Crippen molar-refractivity contribution in [3.63, 3.8) is 0 Å². The molecule has 2 heterocycles. The summed E-state index contributed by atoms with van der Waals surface area (Å²) in [5.74, 6) is 1.58. The zero-order valence-electron chi connectivity index (χ0n) is 11.3. The van der Waals surface area contributed by atoms with Crippen LogP contribution in [-0.4, -0.2) is 26.6 Å². The summed E-state index contributed by atoms with van der Waals surface area (Å²) in [6.07, 6.45) is 0.168. The number of hydrogen-bond acceptors (Lipinski definition) is 6. The van der Waals surface area contributed by atoms with Gasteiger partial charge >= 0.3 is 0 Å². The molecule has 0 aliphatic rings. The standard InChI is InChI=1S/C14H12N6O/c1-21-13-8-12(18-14(16)19-13)20-10-5-3-2-4-9(10)17-11(20)6-7-15/h2-5,8H,6H2,1H3,(H2,16,18,19). The average Bonchev–Trinajstić information content (AvgIpc) is 2.85. The lowest BCUT2D eigenvalue weighted by Gasteiger charge is -2.08. The third-order valence-corrected chi connectivity index (χ3v) is 3.01. The summed E-state index contributed by atoms with van der Waals surface area (Å²) in [7, 11) is 1.51. The first-order chi connectivity index (χ1) is 10.2. The maximum atomic E-state index is 8.99. The monoisotopic (exact) mass is 280 g/mol. The summed E-state index contributed by atoms with van der Waals surface area (Å²) in [6.45, 7) is 0. The van der Waals surface area contributed by atoms with E-state index in [1.165, 1.54) is 7.11 Å². The summed E-state index contributed by atoms with van der Waals surface area (Å²) in [5, 5.41) is 8.99. The van der Waals surface area contributed by atoms with Crippen molar-refractivity contribution in [3.05, 3.63) is 36.2 Å². The number of benzene rings is 1. The Morgan fingerprint density at radius 2 is 2.10 bits per heavy atom. The zero-order chi connectivity index (χ0) is 14.8. The summed E-state index contributed by atoms with van der Waals surface area (Å²) in [5.41, 5.74) is 7.35. The zero-order valence-corrected chi connectivity index (χ0v) is 11.3. The number of rotatable bonds is 3. The fourth-order valence-electron chi connectivity index (χ4n) is 2.17. The molecule has 104 valence electrons. The van der Waals surface area contributed by atoms with Crippen LogP contribution >= 0.6 is 0 Å². The lowest BCUT2D eigenvalue weighted by molar-refractivity contribution is 0.397. The molecule has 0 atom stereocenters. The average molecular weight is 280 g/mol. The van der Waals surface area contributed by atoms with Gasteiger partial charge in [-0.1, -0.05) is 12.1 Å². The van der Waals surface area contributed by atoms with E-state index in [-0.39, 0.29) is 12.4 Å². The first-order valence-corrected chi connectivity index (χ1v) is 6.25. The van der Waals surface area contributed by atoms with E-state index in [9.17, 15) is 0 Å². The molecule has 7 heteroatoms. The van der Waals surface area contributed by atoms with E-state index in [4.69, 9.17) is 15.7 Å². The molecule has 0 radical (unpaired) electrons. The molecule has 3 aromatic rings. The molecule has 0 fully saturated rings. The number of nitrogen functional groups attached to an aromatic ring is 1. The van der Waals surface area contributed by atoms with Crippen LogP contribution in [0.25, 0.3) is 16.9 Å². The highest BCUT2D eigenvalue weighted by Gasteiger charge is 2.14. The Morgan fingerprint density at radius 3 is 2.86 bits per heavy atom. The fourth-order valence-corrected chi connectivity index (χ4v) is 2.17. The van der Waals surface area contributed by atoms with Gasteiger partial charge in [0.25, 0.3) is 0 Å². The Morgan fingerprint density at radius 1 is 1.29 bits per heavy atom. The Bertz CT molecular complexity index is 848. The van der Waals surface area contributed by atoms with Crippen LogP contribution in [0.2, 0.25) is 0 Å². The van der Waals surface area contributed by atoms with Gasteiger partial charge in [0, 0.05) is 6.07 Å². The molecule has 7 nitrogen and oxygen atoms in total. The molecule has 0 spiro atoms. The van der Waals surface area contributed by atoms with Crippen molar-refractivity contribution in [1.82, 2.24) is 19.5 Å². The van der Waals surface area contributed by atoms with Crippen molar-refractivity contribution in [2.24, 2.45) is 0 Å². The van der Waals surface area contributed by atoms with E-state index in [1.807, 2.05) is 24.3 Å². The molecule has 0 saturated carbocycles. The second-order valence-corrected chi connectivity index (χ2v) is 4.31. The van der Waals surface area contributed by atoms with E-state index in [0.29, 0.717) is 17.5 Å². The van der Waals surface area contributed by atoms with Crippen molar-refractivity contribution in [3.8, 4) is 17.8 Å². The fraction of sp³-hybridized carbons (Fsp3) is 0.143. The molecule has 0 aliphatic heterocycles. The number of nitrogens with two attached hydrogens (primary N) is 1. The van der Waals surface area contributed by atoms with Crippen molar-refractivity contribution >= 4 is 17.0 Å². The molecule has 0 amide bonds. The predicted molar refractivity (Wildman–Crippen MR) is 76.9 cm³/mol. The second-order valence-electron chi connectivity index (χ2n) is 4.31. The number of para-hydroxylation sites is 2. The molecular weight excluding hydrogens is 268 g/mol. The molecule has 2 aromatic heterocycles. The number of nitriles is 1. The van der Waals surface area contributed by atoms with Gasteiger partial charge in [0.1, 0.15) is 11.6 Å². The highest BCUT2D eigenvalue weighted by molar-refractivity contribution is 5.78. The van der Waals surface area contributed by atoms with E-state index in [1.54, 1.807) is 10.6 Å². The van der Waals surface area contributed by atoms with Gasteiger partial charge in [-0.25, -0.2) is 4.98 Å². The Hall–Kier alpha value is -3.14. The normalized spacial score (nSPS) is 10.5. The molecule has 3 rings (SSSR count). The highest BCUT2D eigenvalue weighted by atomic mass is 16.5. The van der Waals surface area contributed by atoms with Gasteiger partial charge in [-0.2, -0.15) is 15.2 Å². The number of imidazole rings is 1. The lowest BCUT2D eigenvalue weighted by Crippen LogP contribution is -2.07. The van der Waals surface area contributed by atoms with Crippen LogP contribution in [0.3, 0.4) is 0 Å². The molecule has 0 unspecified atom stereocenters. The lowest BCUT2D eigenvalue weighted by atomic mass is 10.3. The number of aromatic nitrogens is 4. The minimum Gasteiger partial charge on any atom is -0.481 e. The van der Waals surface area contributed by atoms with Gasteiger partial charge in [-0.3, -0.25) is 4.57 Å². The number of nitrogens with zero attached hydrogens (tertiary/aromatic N) is 5. The Kier molecular flexibility index (Phi) is 3.12. The van der Waals surface area contributed by atoms with E-state index in [2.05, 4.69) is 21.0 Å². The van der Waals surface area contributed by atoms with Crippen LogP contribution in [0, 0.1) is 11.3 Å². The maximum Gasteiger partial charge on any atom is 0.225 e. The van der Waals surface area contributed by atoms with Gasteiger partial charge in [0.2, 0.25) is 11.8 Å². The summed E-state index contributed by atoms with van der Waals surface area (Å²) in [4.78, 5) is 12.6. The third kappa shape index (κ3) is 2.23. The van der Waals surface area contributed by atoms with Crippen molar-refractivity contribution in [2.45, 2.75) is 6.42 Å². The molecule has 1 aromatic carbocycles. The second kappa shape index (κ2) is 5.09. The SMILES string of the molecule is COc1cc(-n2c(CC#N)nc3ccccc32)nc(N)n1. The number of methoxy groups -OCH3 is 1. The minimum absolute atomic E-state index is 0.102. The summed E-state index contributed by atoms with van der Waals surface area (Å²) in [6, 6.07) is 11.4. The smallest absolute Gasteiger partial charge is 0.225 e. The largest absolute Gasteiger partial charge is 0.481 e. The first-order valence-electron chi connectivity index (χ1n) is 6.25. The topological polar surface area (TPSA) is 103 Å². The van der Waals surface area contributed by atoms with Crippen molar-refractivity contribution in [1.29, 1.82) is 5.26 Å². The number of fused-ring (bicyclic) bond motifs is 1. The van der Waals surface area contributed by atoms with E-state index in [0.717, 1.165) is 11.0 Å². The highest BCUT2D eigenvalue weighted by Crippen LogP contribution is 2.23. The van der Waals surface area contributed by atoms with Crippen molar-refractivity contribution in [2.75, 3.05) is 12.8 Å². The van der Waals surface area contributed by atoms with E-state index < -0.39 is 0 Å². The molecular formula is C14H12N6O. The van der Waals surface area contributed by atoms with E-state index >= 15 is 0 Å². The number of hydrogen-bond donors (Lipinski definition) is 1. The van der Waals surface area contributed by atoms with Gasteiger partial charge in [0.15, 0.2) is 0 Å². The first kappa shape index (κ1) is 12.9.